The van der Waals surface area contributed by atoms with Crippen LogP contribution in [0.15, 0.2) is 107 Å². The van der Waals surface area contributed by atoms with E-state index < -0.39 is 0 Å². The molecular formula is C26H18Cl2FeN2S. The number of fused-ring (bicyclic) bond motifs is 2. The molecule has 0 atom stereocenters. The average molecular weight is 517 g/mol. The quantitative estimate of drug-likeness (QED) is 0.168. The summed E-state index contributed by atoms with van der Waals surface area (Å²) in [5.41, 5.74) is 1.92. The van der Waals surface area contributed by atoms with E-state index in [1.807, 2.05) is 12.4 Å². The van der Waals surface area contributed by atoms with Crippen molar-refractivity contribution in [2.24, 2.45) is 9.98 Å². The van der Waals surface area contributed by atoms with E-state index in [1.54, 1.807) is 11.3 Å². The van der Waals surface area contributed by atoms with Crippen molar-refractivity contribution in [1.29, 1.82) is 0 Å². The normalized spacial score (nSPS) is 11.4. The Hall–Kier alpha value is -2.46. The van der Waals surface area contributed by atoms with Gasteiger partial charge >= 0.3 is 33.3 Å². The Labute approximate surface area is 205 Å². The van der Waals surface area contributed by atoms with Gasteiger partial charge in [0.15, 0.2) is 0 Å². The molecule has 0 saturated carbocycles. The molecule has 160 valence electrons. The predicted octanol–water partition coefficient (Wildman–Crippen LogP) is 8.93. The predicted molar refractivity (Wildman–Crippen MR) is 138 cm³/mol. The zero-order chi connectivity index (χ0) is 22.2. The minimum absolute atomic E-state index is 0.194. The topological polar surface area (TPSA) is 24.7 Å². The molecule has 0 unspecified atom stereocenters. The zero-order valence-corrected chi connectivity index (χ0v) is 20.2. The Bertz CT molecular complexity index is 1290. The Morgan fingerprint density at radius 2 is 0.969 bits per heavy atom. The van der Waals surface area contributed by atoms with Gasteiger partial charge in [-0.05, 0) is 57.9 Å². The molecule has 2 nitrogen and oxygen atoms in total. The summed E-state index contributed by atoms with van der Waals surface area (Å²) in [6.07, 6.45) is 3.84. The number of thiophene rings is 1. The second-order valence-corrected chi connectivity index (χ2v) is 9.84. The van der Waals surface area contributed by atoms with Gasteiger partial charge in [-0.25, -0.2) is 0 Å². The van der Waals surface area contributed by atoms with Crippen LogP contribution in [-0.2, 0) is 13.1 Å². The molecular weight excluding hydrogens is 499 g/mol. The second kappa shape index (κ2) is 11.4. The molecule has 0 fully saturated rings. The van der Waals surface area contributed by atoms with Crippen LogP contribution in [0.5, 0.6) is 0 Å². The van der Waals surface area contributed by atoms with Gasteiger partial charge in [-0.3, -0.25) is 9.98 Å². The van der Waals surface area contributed by atoms with Crippen LogP contribution < -0.4 is 0 Å². The molecule has 0 amide bonds. The Morgan fingerprint density at radius 1 is 0.562 bits per heavy atom. The summed E-state index contributed by atoms with van der Waals surface area (Å²) in [6, 6.07) is 33.4. The van der Waals surface area contributed by atoms with Crippen LogP contribution in [0.4, 0.5) is 11.4 Å². The van der Waals surface area contributed by atoms with Crippen molar-refractivity contribution in [1.82, 2.24) is 0 Å². The third kappa shape index (κ3) is 6.07. The van der Waals surface area contributed by atoms with Crippen LogP contribution in [-0.4, -0.2) is 12.4 Å². The van der Waals surface area contributed by atoms with Crippen LogP contribution in [0.3, 0.4) is 0 Å². The van der Waals surface area contributed by atoms with E-state index in [9.17, 15) is 0 Å². The molecule has 0 aliphatic carbocycles. The second-order valence-electron chi connectivity index (χ2n) is 6.87. The fraction of sp³-hybridized carbons (Fsp3) is 0. The molecule has 32 heavy (non-hydrogen) atoms. The van der Waals surface area contributed by atoms with Crippen molar-refractivity contribution in [3.63, 3.8) is 0 Å². The van der Waals surface area contributed by atoms with Crippen LogP contribution in [0.2, 0.25) is 0 Å². The summed E-state index contributed by atoms with van der Waals surface area (Å²) in [4.78, 5) is 11.5. The maximum absolute atomic E-state index is 4.76. The number of halogens is 2. The maximum atomic E-state index is 4.76. The van der Waals surface area contributed by atoms with Crippen LogP contribution >= 0.6 is 31.5 Å². The van der Waals surface area contributed by atoms with Crippen LogP contribution in [0, 0.1) is 0 Å². The van der Waals surface area contributed by atoms with Gasteiger partial charge in [0.05, 0.1) is 11.4 Å². The fourth-order valence-corrected chi connectivity index (χ4v) is 4.05. The van der Waals surface area contributed by atoms with Crippen molar-refractivity contribution in [3.8, 4) is 0 Å². The van der Waals surface area contributed by atoms with Gasteiger partial charge in [-0.15, -0.1) is 11.3 Å². The summed E-state index contributed by atoms with van der Waals surface area (Å²) >= 11 is 1.87. The molecule has 4 aromatic carbocycles. The van der Waals surface area contributed by atoms with Gasteiger partial charge in [0.25, 0.3) is 0 Å². The Morgan fingerprint density at radius 3 is 1.41 bits per heavy atom. The molecule has 0 aliphatic heterocycles. The number of hydrogen-bond donors (Lipinski definition) is 0. The molecule has 1 aromatic heterocycles. The first-order valence-corrected chi connectivity index (χ1v) is 13.6. The van der Waals surface area contributed by atoms with Crippen LogP contribution in [0.25, 0.3) is 21.5 Å². The summed E-state index contributed by atoms with van der Waals surface area (Å²) in [5.74, 6) is 0. The van der Waals surface area contributed by atoms with Gasteiger partial charge in [0.1, 0.15) is 0 Å². The average Bonchev–Trinajstić information content (AvgIpc) is 3.29. The van der Waals surface area contributed by atoms with E-state index in [0.717, 1.165) is 21.1 Å². The van der Waals surface area contributed by atoms with Gasteiger partial charge < -0.3 is 0 Å². The summed E-state index contributed by atoms with van der Waals surface area (Å²) < 4.78 is 0. The standard InChI is InChI=1S/C26H18N2S.2ClH.Fe/c1-3-7-21-15-23(11-9-19(21)5-1)27-17-25-13-14-26(29-25)18-28-24-12-10-20-6-2-4-8-22(20)16-24;;;/h1-18H;2*1H;/q;;;+2/p-2. The number of hydrogen-bond acceptors (Lipinski definition) is 3. The van der Waals surface area contributed by atoms with E-state index >= 15 is 0 Å². The first-order chi connectivity index (χ1) is 15.7. The van der Waals surface area contributed by atoms with Gasteiger partial charge in [0, 0.05) is 22.2 Å². The van der Waals surface area contributed by atoms with Crippen molar-refractivity contribution in [2.45, 2.75) is 0 Å². The van der Waals surface area contributed by atoms with Gasteiger partial charge in [-0.2, -0.15) is 0 Å². The molecule has 0 radical (unpaired) electrons. The van der Waals surface area contributed by atoms with E-state index in [-0.39, 0.29) is 13.1 Å². The molecule has 0 bridgehead atoms. The summed E-state index contributed by atoms with van der Waals surface area (Å²) in [5, 5.41) is 4.87. The molecule has 0 aliphatic rings. The summed E-state index contributed by atoms with van der Waals surface area (Å²) in [7, 11) is 9.53. The Kier molecular flexibility index (Phi) is 8.11. The minimum atomic E-state index is 0.194. The van der Waals surface area contributed by atoms with Gasteiger partial charge in [-0.1, -0.05) is 60.7 Å². The van der Waals surface area contributed by atoms with Gasteiger partial charge in [0.2, 0.25) is 0 Å². The fourth-order valence-electron chi connectivity index (χ4n) is 3.30. The third-order valence-corrected chi connectivity index (χ3v) is 5.75. The molecule has 5 aromatic rings. The zero-order valence-electron chi connectivity index (χ0n) is 16.8. The molecule has 0 N–H and O–H groups in total. The molecule has 1 heterocycles. The first-order valence-electron chi connectivity index (χ1n) is 9.76. The molecule has 6 heteroatoms. The monoisotopic (exact) mass is 516 g/mol. The third-order valence-electron chi connectivity index (χ3n) is 4.80. The number of benzene rings is 4. The summed E-state index contributed by atoms with van der Waals surface area (Å²) in [6.45, 7) is 0. The molecule has 0 spiro atoms. The van der Waals surface area contributed by atoms with E-state index in [4.69, 9.17) is 20.2 Å². The van der Waals surface area contributed by atoms with Crippen LogP contribution in [0.1, 0.15) is 9.75 Å². The van der Waals surface area contributed by atoms with E-state index in [0.29, 0.717) is 0 Å². The number of rotatable bonds is 4. The van der Waals surface area contributed by atoms with Crippen molar-refractivity contribution in [2.75, 3.05) is 0 Å². The van der Waals surface area contributed by atoms with E-state index in [1.165, 1.54) is 21.5 Å². The molecule has 0 saturated heterocycles. The SMILES string of the molecule is C(=Nc1ccc2ccccc2c1)c1ccc(C=Nc2ccc3ccccc3c2)s1.[Cl][Fe][Cl]. The van der Waals surface area contributed by atoms with Crippen molar-refractivity contribution < 1.29 is 13.1 Å². The number of aliphatic imine (C=N–C) groups is 2. The number of nitrogens with zero attached hydrogens (tertiary/aromatic N) is 2. The molecule has 5 rings (SSSR count). The first kappa shape index (κ1) is 22.7. The van der Waals surface area contributed by atoms with Crippen molar-refractivity contribution >= 4 is 76.9 Å². The van der Waals surface area contributed by atoms with Crippen molar-refractivity contribution in [3.05, 3.63) is 107 Å². The van der Waals surface area contributed by atoms with E-state index in [2.05, 4.69) is 107 Å². The Balaban J connectivity index is 0.000000775.